The Morgan fingerprint density at radius 2 is 1.80 bits per heavy atom. The van der Waals surface area contributed by atoms with Gasteiger partial charge >= 0.3 is 0 Å². The molecule has 1 saturated heterocycles. The van der Waals surface area contributed by atoms with E-state index in [1.54, 1.807) is 21.3 Å². The molecule has 1 N–H and O–H groups in total. The third-order valence-corrected chi connectivity index (χ3v) is 4.77. The molecule has 2 heterocycles. The molecule has 0 bridgehead atoms. The van der Waals surface area contributed by atoms with E-state index in [1.165, 1.54) is 6.33 Å². The average Bonchev–Trinajstić information content (AvgIpc) is 2.79. The van der Waals surface area contributed by atoms with Gasteiger partial charge in [-0.25, -0.2) is 9.97 Å². The maximum atomic E-state index is 10.3. The molecule has 1 unspecified atom stereocenters. The zero-order valence-corrected chi connectivity index (χ0v) is 15.2. The van der Waals surface area contributed by atoms with Crippen LogP contribution in [0.15, 0.2) is 12.4 Å². The van der Waals surface area contributed by atoms with Crippen LogP contribution in [0.3, 0.4) is 0 Å². The number of nitrogens with zero attached hydrogens (tertiary/aromatic N) is 3. The van der Waals surface area contributed by atoms with Gasteiger partial charge in [0.25, 0.3) is 0 Å². The molecule has 0 radical (unpaired) electrons. The van der Waals surface area contributed by atoms with E-state index in [4.69, 9.17) is 14.2 Å². The van der Waals surface area contributed by atoms with Crippen LogP contribution in [0.1, 0.15) is 26.2 Å². The SMILES string of the molecule is COc1cc2c(N3CCCC(C)(O)CC3)ncnc2c(OC)c1OC. The number of benzene rings is 1. The van der Waals surface area contributed by atoms with Crippen LogP contribution < -0.4 is 19.1 Å². The van der Waals surface area contributed by atoms with Gasteiger partial charge in [-0.3, -0.25) is 0 Å². The number of methoxy groups -OCH3 is 3. The smallest absolute Gasteiger partial charge is 0.205 e. The fourth-order valence-electron chi connectivity index (χ4n) is 3.38. The summed E-state index contributed by atoms with van der Waals surface area (Å²) in [6.45, 7) is 3.46. The van der Waals surface area contributed by atoms with Gasteiger partial charge in [0.2, 0.25) is 5.75 Å². The third-order valence-electron chi connectivity index (χ3n) is 4.77. The Morgan fingerprint density at radius 1 is 1.04 bits per heavy atom. The van der Waals surface area contributed by atoms with Crippen LogP contribution in [0.5, 0.6) is 17.2 Å². The van der Waals surface area contributed by atoms with Gasteiger partial charge in [-0.1, -0.05) is 0 Å². The van der Waals surface area contributed by atoms with E-state index in [2.05, 4.69) is 14.9 Å². The predicted molar refractivity (Wildman–Crippen MR) is 95.9 cm³/mol. The zero-order valence-electron chi connectivity index (χ0n) is 15.2. The van der Waals surface area contributed by atoms with E-state index in [0.717, 1.165) is 37.1 Å². The molecule has 0 saturated carbocycles. The Bertz CT molecular complexity index is 764. The standard InChI is InChI=1S/C18H25N3O4/c1-18(22)6-5-8-21(9-7-18)17-12-10-13(23-2)15(24-3)16(25-4)14(12)19-11-20-17/h10-11,22H,5-9H2,1-4H3. The summed E-state index contributed by atoms with van der Waals surface area (Å²) < 4.78 is 16.4. The topological polar surface area (TPSA) is 76.9 Å². The highest BCUT2D eigenvalue weighted by Gasteiger charge is 2.27. The molecule has 25 heavy (non-hydrogen) atoms. The first-order chi connectivity index (χ1) is 12.0. The van der Waals surface area contributed by atoms with Crippen molar-refractivity contribution in [3.8, 4) is 17.2 Å². The average molecular weight is 347 g/mol. The van der Waals surface area contributed by atoms with Crippen molar-refractivity contribution in [1.82, 2.24) is 9.97 Å². The molecule has 1 aliphatic heterocycles. The quantitative estimate of drug-likeness (QED) is 0.910. The first kappa shape index (κ1) is 17.5. The number of ether oxygens (including phenoxy) is 3. The minimum atomic E-state index is -0.629. The molecule has 2 aromatic rings. The number of rotatable bonds is 4. The molecular formula is C18H25N3O4. The summed E-state index contributed by atoms with van der Waals surface area (Å²) in [4.78, 5) is 11.1. The molecule has 0 spiro atoms. The molecule has 0 aliphatic carbocycles. The first-order valence-electron chi connectivity index (χ1n) is 8.41. The molecule has 1 aliphatic rings. The molecule has 1 atom stereocenters. The van der Waals surface area contributed by atoms with Gasteiger partial charge < -0.3 is 24.2 Å². The van der Waals surface area contributed by atoms with E-state index in [9.17, 15) is 5.11 Å². The molecular weight excluding hydrogens is 322 g/mol. The van der Waals surface area contributed by atoms with E-state index in [-0.39, 0.29) is 0 Å². The van der Waals surface area contributed by atoms with Crippen LogP contribution in [0.25, 0.3) is 10.9 Å². The van der Waals surface area contributed by atoms with Crippen LogP contribution >= 0.6 is 0 Å². The van der Waals surface area contributed by atoms with Gasteiger partial charge in [-0.15, -0.1) is 0 Å². The third kappa shape index (κ3) is 3.28. The summed E-state index contributed by atoms with van der Waals surface area (Å²) in [6, 6.07) is 1.88. The highest BCUT2D eigenvalue weighted by molar-refractivity contribution is 5.97. The Labute approximate surface area is 147 Å². The van der Waals surface area contributed by atoms with Crippen molar-refractivity contribution < 1.29 is 19.3 Å². The molecule has 136 valence electrons. The van der Waals surface area contributed by atoms with Crippen molar-refractivity contribution in [2.75, 3.05) is 39.3 Å². The summed E-state index contributed by atoms with van der Waals surface area (Å²) in [5.41, 5.74) is 0.0528. The van der Waals surface area contributed by atoms with E-state index in [1.807, 2.05) is 13.0 Å². The second-order valence-corrected chi connectivity index (χ2v) is 6.58. The van der Waals surface area contributed by atoms with Gasteiger partial charge in [0, 0.05) is 13.1 Å². The fraction of sp³-hybridized carbons (Fsp3) is 0.556. The van der Waals surface area contributed by atoms with Crippen LogP contribution in [0.4, 0.5) is 5.82 Å². The predicted octanol–water partition coefficient (Wildman–Crippen LogP) is 2.40. The van der Waals surface area contributed by atoms with E-state index >= 15 is 0 Å². The number of hydrogen-bond acceptors (Lipinski definition) is 7. The number of hydrogen-bond donors (Lipinski definition) is 1. The number of fused-ring (bicyclic) bond motifs is 1. The molecule has 0 amide bonds. The molecule has 7 nitrogen and oxygen atoms in total. The highest BCUT2D eigenvalue weighted by atomic mass is 16.5. The summed E-state index contributed by atoms with van der Waals surface area (Å²) in [5, 5.41) is 11.2. The zero-order chi connectivity index (χ0) is 18.0. The maximum Gasteiger partial charge on any atom is 0.205 e. The minimum absolute atomic E-state index is 0.515. The lowest BCUT2D eigenvalue weighted by atomic mass is 9.98. The number of anilines is 1. The van der Waals surface area contributed by atoms with Crippen LogP contribution in [0, 0.1) is 0 Å². The van der Waals surface area contributed by atoms with Gasteiger partial charge in [0.05, 0.1) is 32.3 Å². The molecule has 1 fully saturated rings. The van der Waals surface area contributed by atoms with Gasteiger partial charge in [-0.05, 0) is 32.3 Å². The van der Waals surface area contributed by atoms with Crippen LogP contribution in [-0.2, 0) is 0 Å². The van der Waals surface area contributed by atoms with E-state index < -0.39 is 5.60 Å². The van der Waals surface area contributed by atoms with Crippen molar-refractivity contribution >= 4 is 16.7 Å². The highest BCUT2D eigenvalue weighted by Crippen LogP contribution is 2.44. The second kappa shape index (κ2) is 6.92. The lowest BCUT2D eigenvalue weighted by molar-refractivity contribution is 0.0481. The van der Waals surface area contributed by atoms with Crippen molar-refractivity contribution in [1.29, 1.82) is 0 Å². The van der Waals surface area contributed by atoms with Gasteiger partial charge in [-0.2, -0.15) is 0 Å². The summed E-state index contributed by atoms with van der Waals surface area (Å²) in [7, 11) is 4.75. The van der Waals surface area contributed by atoms with Crippen LogP contribution in [-0.4, -0.2) is 55.1 Å². The Kier molecular flexibility index (Phi) is 4.85. The lowest BCUT2D eigenvalue weighted by Gasteiger charge is -2.25. The van der Waals surface area contributed by atoms with Crippen molar-refractivity contribution in [2.24, 2.45) is 0 Å². The van der Waals surface area contributed by atoms with Crippen molar-refractivity contribution in [3.63, 3.8) is 0 Å². The minimum Gasteiger partial charge on any atom is -0.493 e. The maximum absolute atomic E-state index is 10.3. The van der Waals surface area contributed by atoms with Crippen LogP contribution in [0.2, 0.25) is 0 Å². The Morgan fingerprint density at radius 3 is 2.48 bits per heavy atom. The summed E-state index contributed by atoms with van der Waals surface area (Å²) >= 11 is 0. The van der Waals surface area contributed by atoms with Crippen molar-refractivity contribution in [3.05, 3.63) is 12.4 Å². The monoisotopic (exact) mass is 347 g/mol. The molecule has 3 rings (SSSR count). The number of aromatic nitrogens is 2. The summed E-state index contributed by atoms with van der Waals surface area (Å²) in [6.07, 6.45) is 3.92. The normalized spacial score (nSPS) is 21.1. The summed E-state index contributed by atoms with van der Waals surface area (Å²) in [5.74, 6) is 2.44. The largest absolute Gasteiger partial charge is 0.493 e. The first-order valence-corrected chi connectivity index (χ1v) is 8.41. The lowest BCUT2D eigenvalue weighted by Crippen LogP contribution is -2.29. The van der Waals surface area contributed by atoms with Crippen molar-refractivity contribution in [2.45, 2.75) is 31.8 Å². The van der Waals surface area contributed by atoms with Gasteiger partial charge in [0.1, 0.15) is 17.7 Å². The Balaban J connectivity index is 2.13. The second-order valence-electron chi connectivity index (χ2n) is 6.58. The molecule has 1 aromatic heterocycles. The fourth-order valence-corrected chi connectivity index (χ4v) is 3.38. The van der Waals surface area contributed by atoms with E-state index in [0.29, 0.717) is 29.2 Å². The number of aliphatic hydroxyl groups is 1. The van der Waals surface area contributed by atoms with Gasteiger partial charge in [0.15, 0.2) is 11.5 Å². The molecule has 7 heteroatoms. The molecule has 1 aromatic carbocycles. The Hall–Kier alpha value is -2.28.